The maximum atomic E-state index is 13.1. The Bertz CT molecular complexity index is 884. The van der Waals surface area contributed by atoms with E-state index in [4.69, 9.17) is 4.42 Å². The van der Waals surface area contributed by atoms with Crippen molar-refractivity contribution in [3.05, 3.63) is 54.2 Å². The summed E-state index contributed by atoms with van der Waals surface area (Å²) in [5, 5.41) is 0. The fourth-order valence-corrected chi connectivity index (χ4v) is 4.61. The van der Waals surface area contributed by atoms with Crippen LogP contribution in [0.2, 0.25) is 0 Å². The summed E-state index contributed by atoms with van der Waals surface area (Å²) in [4.78, 5) is 16.1. The molecule has 1 saturated heterocycles. The van der Waals surface area contributed by atoms with Gasteiger partial charge in [0.2, 0.25) is 15.9 Å². The van der Waals surface area contributed by atoms with Gasteiger partial charge in [-0.2, -0.15) is 4.31 Å². The molecule has 0 aliphatic carbocycles. The highest BCUT2D eigenvalue weighted by atomic mass is 32.2. The van der Waals surface area contributed by atoms with E-state index in [0.717, 1.165) is 12.1 Å². The molecule has 152 valence electrons. The average Bonchev–Trinajstić information content (AvgIpc) is 3.05. The highest BCUT2D eigenvalue weighted by Crippen LogP contribution is 2.18. The largest absolute Gasteiger partial charge is 0.467 e. The molecular formula is C19H24FN3O4S. The molecule has 3 rings (SSSR count). The number of furan rings is 1. The molecule has 1 aromatic carbocycles. The Kier molecular flexibility index (Phi) is 6.48. The van der Waals surface area contributed by atoms with Gasteiger partial charge < -0.3 is 9.32 Å². The summed E-state index contributed by atoms with van der Waals surface area (Å²) in [5.74, 6) is 0.188. The topological polar surface area (TPSA) is 74.1 Å². The van der Waals surface area contributed by atoms with Crippen LogP contribution in [-0.4, -0.2) is 68.2 Å². The molecule has 0 spiro atoms. The lowest BCUT2D eigenvalue weighted by atomic mass is 10.3. The van der Waals surface area contributed by atoms with E-state index in [1.54, 1.807) is 24.3 Å². The highest BCUT2D eigenvalue weighted by molar-refractivity contribution is 7.89. The van der Waals surface area contributed by atoms with E-state index in [1.807, 2.05) is 11.0 Å². The van der Waals surface area contributed by atoms with Crippen molar-refractivity contribution < 1.29 is 22.0 Å². The summed E-state index contributed by atoms with van der Waals surface area (Å²) >= 11 is 0. The average molecular weight is 409 g/mol. The third-order valence-corrected chi connectivity index (χ3v) is 6.67. The van der Waals surface area contributed by atoms with Crippen molar-refractivity contribution in [2.75, 3.05) is 39.8 Å². The Morgan fingerprint density at radius 3 is 2.57 bits per heavy atom. The van der Waals surface area contributed by atoms with Gasteiger partial charge in [0.1, 0.15) is 11.6 Å². The second-order valence-electron chi connectivity index (χ2n) is 6.82. The normalized spacial score (nSPS) is 16.6. The van der Waals surface area contributed by atoms with Crippen LogP contribution in [0.25, 0.3) is 0 Å². The van der Waals surface area contributed by atoms with Crippen LogP contribution in [0, 0.1) is 5.82 Å². The fraction of sp³-hybridized carbons (Fsp3) is 0.421. The van der Waals surface area contributed by atoms with Gasteiger partial charge in [-0.3, -0.25) is 9.69 Å². The number of rotatable bonds is 6. The molecular weight excluding hydrogens is 385 g/mol. The van der Waals surface area contributed by atoms with E-state index in [2.05, 4.69) is 0 Å². The molecule has 1 aliphatic rings. The summed E-state index contributed by atoms with van der Waals surface area (Å²) in [6, 6.07) is 8.43. The lowest BCUT2D eigenvalue weighted by molar-refractivity contribution is -0.131. The number of benzene rings is 1. The molecule has 0 saturated carbocycles. The minimum Gasteiger partial charge on any atom is -0.467 e. The van der Waals surface area contributed by atoms with E-state index < -0.39 is 15.8 Å². The van der Waals surface area contributed by atoms with Crippen LogP contribution in [0.4, 0.5) is 4.39 Å². The number of hydrogen-bond donors (Lipinski definition) is 0. The quantitative estimate of drug-likeness (QED) is 0.727. The zero-order valence-electron chi connectivity index (χ0n) is 15.8. The van der Waals surface area contributed by atoms with Crippen LogP contribution >= 0.6 is 0 Å². The smallest absolute Gasteiger partial charge is 0.243 e. The maximum Gasteiger partial charge on any atom is 0.243 e. The molecule has 1 aliphatic heterocycles. The summed E-state index contributed by atoms with van der Waals surface area (Å²) < 4.78 is 45.3. The molecule has 0 N–H and O–H groups in total. The summed E-state index contributed by atoms with van der Waals surface area (Å²) in [6.45, 7) is 2.37. The zero-order valence-corrected chi connectivity index (χ0v) is 16.6. The number of halogens is 1. The maximum absolute atomic E-state index is 13.1. The van der Waals surface area contributed by atoms with E-state index in [0.29, 0.717) is 38.4 Å². The van der Waals surface area contributed by atoms with Crippen molar-refractivity contribution in [3.8, 4) is 0 Å². The zero-order chi connectivity index (χ0) is 20.1. The Hall–Kier alpha value is -2.23. The van der Waals surface area contributed by atoms with Gasteiger partial charge in [-0.1, -0.05) is 0 Å². The van der Waals surface area contributed by atoms with Crippen LogP contribution in [0.3, 0.4) is 0 Å². The Morgan fingerprint density at radius 2 is 1.89 bits per heavy atom. The second kappa shape index (κ2) is 8.85. The summed E-state index contributed by atoms with van der Waals surface area (Å²) in [6.07, 6.45) is 2.19. The molecule has 0 atom stereocenters. The van der Waals surface area contributed by atoms with Crippen molar-refractivity contribution in [2.24, 2.45) is 0 Å². The van der Waals surface area contributed by atoms with Gasteiger partial charge in [-0.15, -0.1) is 0 Å². The minimum atomic E-state index is -3.67. The molecule has 0 radical (unpaired) electrons. The Balaban J connectivity index is 1.57. The summed E-state index contributed by atoms with van der Waals surface area (Å²) in [5.41, 5.74) is 0. The molecule has 2 heterocycles. The molecule has 28 heavy (non-hydrogen) atoms. The lowest BCUT2D eigenvalue weighted by Gasteiger charge is -2.23. The number of carbonyl (C=O) groups is 1. The third kappa shape index (κ3) is 4.98. The fourth-order valence-electron chi connectivity index (χ4n) is 3.14. The second-order valence-corrected chi connectivity index (χ2v) is 8.75. The predicted octanol–water partition coefficient (Wildman–Crippen LogP) is 1.77. The number of amides is 1. The van der Waals surface area contributed by atoms with Crippen molar-refractivity contribution in [1.82, 2.24) is 14.1 Å². The molecule has 7 nitrogen and oxygen atoms in total. The van der Waals surface area contributed by atoms with Crippen LogP contribution in [0.15, 0.2) is 52.0 Å². The molecule has 2 aromatic rings. The molecule has 0 unspecified atom stereocenters. The van der Waals surface area contributed by atoms with E-state index in [9.17, 15) is 17.6 Å². The predicted molar refractivity (Wildman–Crippen MR) is 101 cm³/mol. The monoisotopic (exact) mass is 409 g/mol. The first kappa shape index (κ1) is 20.5. The molecule has 9 heteroatoms. The number of nitrogens with zero attached hydrogens (tertiary/aromatic N) is 3. The number of likely N-dealkylation sites (N-methyl/N-ethyl adjacent to an activating group) is 1. The number of hydrogen-bond acceptors (Lipinski definition) is 5. The molecule has 1 aromatic heterocycles. The first-order valence-corrected chi connectivity index (χ1v) is 10.5. The standard InChI is InChI=1S/C19H24FN3O4S/c1-21(14-17-4-2-13-27-17)19(24)15-22-9-3-10-23(12-11-22)28(25,26)18-7-5-16(20)6-8-18/h2,4-8,13H,3,9-12,14-15H2,1H3. The molecule has 0 bridgehead atoms. The van der Waals surface area contributed by atoms with E-state index >= 15 is 0 Å². The van der Waals surface area contributed by atoms with Crippen molar-refractivity contribution >= 4 is 15.9 Å². The number of sulfonamides is 1. The number of carbonyl (C=O) groups excluding carboxylic acids is 1. The van der Waals surface area contributed by atoms with Crippen LogP contribution in [0.1, 0.15) is 12.2 Å². The van der Waals surface area contributed by atoms with Gasteiger partial charge in [0.25, 0.3) is 0 Å². The van der Waals surface area contributed by atoms with Crippen molar-refractivity contribution in [3.63, 3.8) is 0 Å². The van der Waals surface area contributed by atoms with Gasteiger partial charge in [-0.25, -0.2) is 12.8 Å². The minimum absolute atomic E-state index is 0.0498. The van der Waals surface area contributed by atoms with Crippen molar-refractivity contribution in [1.29, 1.82) is 0 Å². The first-order valence-electron chi connectivity index (χ1n) is 9.10. The van der Waals surface area contributed by atoms with Gasteiger partial charge >= 0.3 is 0 Å². The van der Waals surface area contributed by atoms with Gasteiger partial charge in [0.15, 0.2) is 0 Å². The van der Waals surface area contributed by atoms with Gasteiger partial charge in [0, 0.05) is 26.7 Å². The highest BCUT2D eigenvalue weighted by Gasteiger charge is 2.27. The van der Waals surface area contributed by atoms with Crippen LogP contribution in [0.5, 0.6) is 0 Å². The third-order valence-electron chi connectivity index (χ3n) is 4.76. The van der Waals surface area contributed by atoms with Crippen LogP contribution in [-0.2, 0) is 21.4 Å². The SMILES string of the molecule is CN(Cc1ccco1)C(=O)CN1CCCN(S(=O)(=O)c2ccc(F)cc2)CC1. The Labute approximate surface area is 164 Å². The Morgan fingerprint density at radius 1 is 1.14 bits per heavy atom. The summed E-state index contributed by atoms with van der Waals surface area (Å²) in [7, 11) is -1.96. The van der Waals surface area contributed by atoms with Crippen molar-refractivity contribution in [2.45, 2.75) is 17.9 Å². The molecule has 1 fully saturated rings. The van der Waals surface area contributed by atoms with Crippen LogP contribution < -0.4 is 0 Å². The lowest BCUT2D eigenvalue weighted by Crippen LogP contribution is -2.40. The molecule has 1 amide bonds. The van der Waals surface area contributed by atoms with Gasteiger partial charge in [0.05, 0.1) is 24.2 Å². The first-order chi connectivity index (χ1) is 13.4. The van der Waals surface area contributed by atoms with E-state index in [-0.39, 0.29) is 23.9 Å². The van der Waals surface area contributed by atoms with Gasteiger partial charge in [-0.05, 0) is 49.4 Å². The van der Waals surface area contributed by atoms with E-state index in [1.165, 1.54) is 16.4 Å².